The molecule has 0 aliphatic heterocycles. The first-order valence-corrected chi connectivity index (χ1v) is 4.14. The Labute approximate surface area is 67.5 Å². The average Bonchev–Trinajstić information content (AvgIpc) is 2.05. The number of carbonyl (C=O) groups excluding carboxylic acids is 1. The van der Waals surface area contributed by atoms with Gasteiger partial charge in [0.1, 0.15) is 6.29 Å². The molecule has 0 spiro atoms. The Morgan fingerprint density at radius 1 is 1.82 bits per heavy atom. The largest absolute Gasteiger partial charge is 0.328 e. The molecule has 2 nitrogen and oxygen atoms in total. The fourth-order valence-electron chi connectivity index (χ4n) is 1.46. The van der Waals surface area contributed by atoms with E-state index in [9.17, 15) is 4.79 Å². The van der Waals surface area contributed by atoms with Crippen molar-refractivity contribution in [3.8, 4) is 0 Å². The van der Waals surface area contributed by atoms with Gasteiger partial charge in [-0.2, -0.15) is 0 Å². The summed E-state index contributed by atoms with van der Waals surface area (Å²) in [6.45, 7) is 2.03. The van der Waals surface area contributed by atoms with E-state index in [1.165, 1.54) is 0 Å². The van der Waals surface area contributed by atoms with Gasteiger partial charge in [-0.25, -0.2) is 0 Å². The van der Waals surface area contributed by atoms with E-state index >= 15 is 0 Å². The summed E-state index contributed by atoms with van der Waals surface area (Å²) < 4.78 is 0. The van der Waals surface area contributed by atoms with Gasteiger partial charge < -0.3 is 5.73 Å². The van der Waals surface area contributed by atoms with Crippen LogP contribution < -0.4 is 5.73 Å². The average molecular weight is 153 g/mol. The van der Waals surface area contributed by atoms with Crippen LogP contribution in [0, 0.1) is 5.92 Å². The predicted molar refractivity (Wildman–Crippen MR) is 45.1 cm³/mol. The van der Waals surface area contributed by atoms with Gasteiger partial charge in [0.2, 0.25) is 0 Å². The Morgan fingerprint density at radius 3 is 2.91 bits per heavy atom. The van der Waals surface area contributed by atoms with Crippen LogP contribution in [-0.4, -0.2) is 12.3 Å². The molecule has 0 heterocycles. The molecule has 0 fully saturated rings. The lowest BCUT2D eigenvalue weighted by atomic mass is 9.86. The molecule has 0 saturated heterocycles. The van der Waals surface area contributed by atoms with Gasteiger partial charge in [0.25, 0.3) is 0 Å². The first-order chi connectivity index (χ1) is 5.24. The topological polar surface area (TPSA) is 43.1 Å². The van der Waals surface area contributed by atoms with Crippen LogP contribution in [0.4, 0.5) is 0 Å². The SMILES string of the molecule is C[C@H](N)C1CC=C(C=O)CC1. The summed E-state index contributed by atoms with van der Waals surface area (Å²) in [6, 6.07) is 0.263. The van der Waals surface area contributed by atoms with Crippen LogP contribution in [0.1, 0.15) is 26.2 Å². The quantitative estimate of drug-likeness (QED) is 0.607. The molecule has 1 aliphatic rings. The second-order valence-corrected chi connectivity index (χ2v) is 3.29. The van der Waals surface area contributed by atoms with Crippen LogP contribution in [0.2, 0.25) is 0 Å². The maximum absolute atomic E-state index is 10.3. The summed E-state index contributed by atoms with van der Waals surface area (Å²) in [5.74, 6) is 0.582. The molecule has 2 atom stereocenters. The molecule has 0 saturated carbocycles. The van der Waals surface area contributed by atoms with Crippen LogP contribution in [0.25, 0.3) is 0 Å². The van der Waals surface area contributed by atoms with Crippen molar-refractivity contribution in [3.63, 3.8) is 0 Å². The molecule has 1 aliphatic carbocycles. The van der Waals surface area contributed by atoms with Gasteiger partial charge in [0.15, 0.2) is 0 Å². The predicted octanol–water partition coefficient (Wildman–Crippen LogP) is 1.26. The van der Waals surface area contributed by atoms with Crippen molar-refractivity contribution < 1.29 is 4.79 Å². The zero-order valence-electron chi connectivity index (χ0n) is 6.92. The fourth-order valence-corrected chi connectivity index (χ4v) is 1.46. The Balaban J connectivity index is 2.47. The van der Waals surface area contributed by atoms with Crippen molar-refractivity contribution in [1.82, 2.24) is 0 Å². The zero-order chi connectivity index (χ0) is 8.27. The highest BCUT2D eigenvalue weighted by molar-refractivity contribution is 5.73. The lowest BCUT2D eigenvalue weighted by Crippen LogP contribution is -2.27. The molecule has 1 rings (SSSR count). The number of hydrogen-bond donors (Lipinski definition) is 1. The van der Waals surface area contributed by atoms with Gasteiger partial charge in [-0.1, -0.05) is 6.08 Å². The van der Waals surface area contributed by atoms with Crippen molar-refractivity contribution in [2.24, 2.45) is 11.7 Å². The maximum Gasteiger partial charge on any atom is 0.145 e. The van der Waals surface area contributed by atoms with Gasteiger partial charge in [-0.05, 0) is 37.7 Å². The first kappa shape index (κ1) is 8.47. The summed E-state index contributed by atoms with van der Waals surface area (Å²) in [6.07, 6.45) is 5.94. The lowest BCUT2D eigenvalue weighted by molar-refractivity contribution is -0.105. The maximum atomic E-state index is 10.3. The van der Waals surface area contributed by atoms with Crippen molar-refractivity contribution in [2.75, 3.05) is 0 Å². The van der Waals surface area contributed by atoms with E-state index in [1.54, 1.807) is 0 Å². The first-order valence-electron chi connectivity index (χ1n) is 4.14. The number of allylic oxidation sites excluding steroid dienone is 2. The summed E-state index contributed by atoms with van der Waals surface area (Å²) >= 11 is 0. The van der Waals surface area contributed by atoms with E-state index in [0.29, 0.717) is 5.92 Å². The smallest absolute Gasteiger partial charge is 0.145 e. The minimum atomic E-state index is 0.263. The van der Waals surface area contributed by atoms with E-state index in [-0.39, 0.29) is 6.04 Å². The Kier molecular flexibility index (Phi) is 2.83. The minimum Gasteiger partial charge on any atom is -0.328 e. The molecule has 0 bridgehead atoms. The molecule has 0 amide bonds. The number of nitrogens with two attached hydrogens (primary N) is 1. The van der Waals surface area contributed by atoms with Gasteiger partial charge in [0, 0.05) is 6.04 Å². The highest BCUT2D eigenvalue weighted by Gasteiger charge is 2.16. The summed E-state index contributed by atoms with van der Waals surface area (Å²) in [5.41, 5.74) is 6.68. The van der Waals surface area contributed by atoms with Gasteiger partial charge in [0.05, 0.1) is 0 Å². The molecule has 0 aromatic heterocycles. The third kappa shape index (κ3) is 2.15. The molecule has 1 unspecified atom stereocenters. The molecule has 0 aromatic carbocycles. The lowest BCUT2D eigenvalue weighted by Gasteiger charge is -2.22. The second kappa shape index (κ2) is 3.67. The molecule has 0 radical (unpaired) electrons. The molecular formula is C9H15NO. The minimum absolute atomic E-state index is 0.263. The number of carbonyl (C=O) groups is 1. The zero-order valence-corrected chi connectivity index (χ0v) is 6.92. The molecule has 11 heavy (non-hydrogen) atoms. The van der Waals surface area contributed by atoms with Crippen molar-refractivity contribution in [1.29, 1.82) is 0 Å². The van der Waals surface area contributed by atoms with E-state index in [2.05, 4.69) is 0 Å². The Hall–Kier alpha value is -0.630. The molecule has 2 heteroatoms. The van der Waals surface area contributed by atoms with Crippen LogP contribution in [0.5, 0.6) is 0 Å². The Morgan fingerprint density at radius 2 is 2.55 bits per heavy atom. The summed E-state index contributed by atoms with van der Waals surface area (Å²) in [5, 5.41) is 0. The van der Waals surface area contributed by atoms with E-state index in [0.717, 1.165) is 31.1 Å². The van der Waals surface area contributed by atoms with Gasteiger partial charge in [-0.15, -0.1) is 0 Å². The summed E-state index contributed by atoms with van der Waals surface area (Å²) in [7, 11) is 0. The van der Waals surface area contributed by atoms with Gasteiger partial charge >= 0.3 is 0 Å². The van der Waals surface area contributed by atoms with Crippen LogP contribution in [0.15, 0.2) is 11.6 Å². The van der Waals surface area contributed by atoms with Crippen LogP contribution in [-0.2, 0) is 4.79 Å². The highest BCUT2D eigenvalue weighted by Crippen LogP contribution is 2.23. The normalized spacial score (nSPS) is 27.5. The highest BCUT2D eigenvalue weighted by atomic mass is 16.1. The van der Waals surface area contributed by atoms with Gasteiger partial charge in [-0.3, -0.25) is 4.79 Å². The second-order valence-electron chi connectivity index (χ2n) is 3.29. The van der Waals surface area contributed by atoms with Crippen molar-refractivity contribution in [3.05, 3.63) is 11.6 Å². The number of hydrogen-bond acceptors (Lipinski definition) is 2. The third-order valence-electron chi connectivity index (χ3n) is 2.38. The third-order valence-corrected chi connectivity index (χ3v) is 2.38. The standard InChI is InChI=1S/C9H15NO/c1-7(10)9-4-2-8(6-11)3-5-9/h2,6-7,9H,3-5,10H2,1H3/t7-,9?/m0/s1. The molecule has 0 aromatic rings. The fraction of sp³-hybridized carbons (Fsp3) is 0.667. The molecule has 2 N–H and O–H groups in total. The molecule has 62 valence electrons. The van der Waals surface area contributed by atoms with Crippen LogP contribution in [0.3, 0.4) is 0 Å². The van der Waals surface area contributed by atoms with E-state index in [1.807, 2.05) is 13.0 Å². The Bertz CT molecular complexity index is 172. The monoisotopic (exact) mass is 153 g/mol. The van der Waals surface area contributed by atoms with E-state index in [4.69, 9.17) is 5.73 Å². The number of rotatable bonds is 2. The summed E-state index contributed by atoms with van der Waals surface area (Å²) in [4.78, 5) is 10.3. The van der Waals surface area contributed by atoms with Crippen LogP contribution >= 0.6 is 0 Å². The number of aldehydes is 1. The molecular weight excluding hydrogens is 138 g/mol. The van der Waals surface area contributed by atoms with E-state index < -0.39 is 0 Å². The van der Waals surface area contributed by atoms with Crippen molar-refractivity contribution >= 4 is 6.29 Å². The van der Waals surface area contributed by atoms with Crippen molar-refractivity contribution in [2.45, 2.75) is 32.2 Å².